The summed E-state index contributed by atoms with van der Waals surface area (Å²) in [7, 11) is 0. The first-order valence-corrected chi connectivity index (χ1v) is 7.18. The highest BCUT2D eigenvalue weighted by Gasteiger charge is 2.04. The van der Waals surface area contributed by atoms with E-state index in [1.807, 2.05) is 17.8 Å². The summed E-state index contributed by atoms with van der Waals surface area (Å²) in [6.45, 7) is 1.87. The second kappa shape index (κ2) is 9.12. The van der Waals surface area contributed by atoms with Crippen molar-refractivity contribution in [3.05, 3.63) is 69.2 Å². The number of nitrogens with one attached hydrogen (secondary N) is 2. The molecule has 0 radical (unpaired) electrons. The molecular weight excluding hydrogens is 339 g/mol. The molecule has 0 unspecified atom stereocenters. The predicted octanol–water partition coefficient (Wildman–Crippen LogP) is 2.20. The largest absolute Gasteiger partial charge is 0.290 e. The molecule has 0 saturated carbocycles. The van der Waals surface area contributed by atoms with Gasteiger partial charge in [0.2, 0.25) is 0 Å². The van der Waals surface area contributed by atoms with Crippen LogP contribution in [0.1, 0.15) is 26.3 Å². The molecule has 2 rings (SSSR count). The van der Waals surface area contributed by atoms with Gasteiger partial charge in [-0.3, -0.25) is 20.4 Å². The van der Waals surface area contributed by atoms with Crippen molar-refractivity contribution < 1.29 is 9.59 Å². The van der Waals surface area contributed by atoms with Gasteiger partial charge in [-0.25, -0.2) is 11.7 Å². The van der Waals surface area contributed by atoms with Crippen LogP contribution in [0.5, 0.6) is 0 Å². The molecule has 0 fully saturated rings. The summed E-state index contributed by atoms with van der Waals surface area (Å²) >= 11 is 11.4. The van der Waals surface area contributed by atoms with Crippen LogP contribution >= 0.6 is 23.2 Å². The Balaban J connectivity index is 0.000000231. The van der Waals surface area contributed by atoms with Crippen molar-refractivity contribution in [2.75, 3.05) is 0 Å². The molecule has 0 saturated heterocycles. The Morgan fingerprint density at radius 2 is 1.48 bits per heavy atom. The van der Waals surface area contributed by atoms with Crippen molar-refractivity contribution in [2.45, 2.75) is 6.92 Å². The van der Waals surface area contributed by atoms with Crippen LogP contribution in [0.2, 0.25) is 10.0 Å². The van der Waals surface area contributed by atoms with Gasteiger partial charge in [0.25, 0.3) is 11.8 Å². The summed E-state index contributed by atoms with van der Waals surface area (Å²) in [4.78, 5) is 21.9. The van der Waals surface area contributed by atoms with E-state index in [1.54, 1.807) is 42.5 Å². The highest BCUT2D eigenvalue weighted by molar-refractivity contribution is 6.31. The maximum absolute atomic E-state index is 11.0. The van der Waals surface area contributed by atoms with Gasteiger partial charge in [0.15, 0.2) is 0 Å². The molecule has 6 nitrogen and oxygen atoms in total. The van der Waals surface area contributed by atoms with Gasteiger partial charge in [-0.15, -0.1) is 0 Å². The highest BCUT2D eigenvalue weighted by atomic mass is 35.5. The number of amides is 2. The van der Waals surface area contributed by atoms with E-state index in [4.69, 9.17) is 34.9 Å². The van der Waals surface area contributed by atoms with E-state index >= 15 is 0 Å². The third-order valence-corrected chi connectivity index (χ3v) is 3.43. The number of carbonyl (C=O) groups excluding carboxylic acids is 2. The molecule has 0 bridgehead atoms. The Hall–Kier alpha value is -2.12. The van der Waals surface area contributed by atoms with E-state index in [0.717, 1.165) is 5.56 Å². The van der Waals surface area contributed by atoms with E-state index in [0.29, 0.717) is 21.2 Å². The number of halogens is 2. The van der Waals surface area contributed by atoms with Crippen LogP contribution in [0.3, 0.4) is 0 Å². The van der Waals surface area contributed by atoms with Crippen LogP contribution in [0.25, 0.3) is 0 Å². The molecule has 0 aliphatic rings. The first-order chi connectivity index (χ1) is 10.9. The molecule has 0 aliphatic heterocycles. The summed E-state index contributed by atoms with van der Waals surface area (Å²) in [5.41, 5.74) is 5.90. The molecule has 122 valence electrons. The quantitative estimate of drug-likeness (QED) is 0.376. The first-order valence-electron chi connectivity index (χ1n) is 6.42. The standard InChI is InChI=1S/C8H9ClN2O.C7H7ClN2O/c1-5-2-3-6(4-7(5)9)8(12)11-10;8-6-3-1-2-5(4-6)7(11)10-9/h2-4H,10H2,1H3,(H,11,12);1-4H,9H2,(H,10,11). The van der Waals surface area contributed by atoms with E-state index in [1.165, 1.54) is 0 Å². The molecule has 2 aromatic rings. The number of nitrogen functional groups attached to an aromatic ring is 2. The minimum absolute atomic E-state index is 0.336. The molecule has 2 aromatic carbocycles. The number of hydrazine groups is 2. The topological polar surface area (TPSA) is 110 Å². The number of hydrogen-bond acceptors (Lipinski definition) is 4. The number of aryl methyl sites for hydroxylation is 1. The van der Waals surface area contributed by atoms with E-state index < -0.39 is 0 Å². The van der Waals surface area contributed by atoms with Gasteiger partial charge in [-0.05, 0) is 42.8 Å². The Morgan fingerprint density at radius 3 is 1.96 bits per heavy atom. The lowest BCUT2D eigenvalue weighted by atomic mass is 10.1. The second-order valence-electron chi connectivity index (χ2n) is 4.42. The molecule has 0 aromatic heterocycles. The van der Waals surface area contributed by atoms with Gasteiger partial charge in [0.1, 0.15) is 0 Å². The summed E-state index contributed by atoms with van der Waals surface area (Å²) in [6, 6.07) is 11.6. The minimum Gasteiger partial charge on any atom is -0.290 e. The lowest BCUT2D eigenvalue weighted by Crippen LogP contribution is -2.29. The Bertz CT molecular complexity index is 708. The van der Waals surface area contributed by atoms with Crippen molar-refractivity contribution in [1.29, 1.82) is 0 Å². The van der Waals surface area contributed by atoms with E-state index in [-0.39, 0.29) is 11.8 Å². The molecule has 0 heterocycles. The zero-order valence-corrected chi connectivity index (χ0v) is 13.8. The zero-order chi connectivity index (χ0) is 17.4. The molecule has 23 heavy (non-hydrogen) atoms. The Morgan fingerprint density at radius 1 is 0.913 bits per heavy atom. The average Bonchev–Trinajstić information content (AvgIpc) is 2.56. The van der Waals surface area contributed by atoms with Gasteiger partial charge in [-0.2, -0.15) is 0 Å². The number of hydrogen-bond donors (Lipinski definition) is 4. The summed E-state index contributed by atoms with van der Waals surface area (Å²) in [5, 5.41) is 1.09. The minimum atomic E-state index is -0.340. The SMILES string of the molecule is Cc1ccc(C(=O)NN)cc1Cl.NNC(=O)c1cccc(Cl)c1. The van der Waals surface area contributed by atoms with Gasteiger partial charge >= 0.3 is 0 Å². The van der Waals surface area contributed by atoms with Crippen LogP contribution in [-0.2, 0) is 0 Å². The Kier molecular flexibility index (Phi) is 7.50. The van der Waals surface area contributed by atoms with E-state index in [2.05, 4.69) is 0 Å². The maximum Gasteiger partial charge on any atom is 0.265 e. The van der Waals surface area contributed by atoms with Crippen molar-refractivity contribution in [1.82, 2.24) is 10.9 Å². The third-order valence-electron chi connectivity index (χ3n) is 2.78. The van der Waals surface area contributed by atoms with Crippen LogP contribution in [0.15, 0.2) is 42.5 Å². The summed E-state index contributed by atoms with van der Waals surface area (Å²) in [6.07, 6.45) is 0. The van der Waals surface area contributed by atoms with Crippen LogP contribution in [0, 0.1) is 6.92 Å². The number of nitrogens with two attached hydrogens (primary N) is 2. The molecular formula is C15H16Cl2N4O2. The number of carbonyl (C=O) groups is 2. The molecule has 0 atom stereocenters. The zero-order valence-electron chi connectivity index (χ0n) is 12.3. The number of rotatable bonds is 2. The van der Waals surface area contributed by atoms with Gasteiger partial charge < -0.3 is 0 Å². The van der Waals surface area contributed by atoms with Crippen LogP contribution in [0.4, 0.5) is 0 Å². The summed E-state index contributed by atoms with van der Waals surface area (Å²) < 4.78 is 0. The smallest absolute Gasteiger partial charge is 0.265 e. The monoisotopic (exact) mass is 354 g/mol. The van der Waals surface area contributed by atoms with Crippen molar-refractivity contribution in [3.63, 3.8) is 0 Å². The third kappa shape index (κ3) is 5.88. The molecule has 0 spiro atoms. The molecule has 8 heteroatoms. The van der Waals surface area contributed by atoms with Gasteiger partial charge in [-0.1, -0.05) is 35.3 Å². The lowest BCUT2D eigenvalue weighted by Gasteiger charge is -2.01. The fourth-order valence-electron chi connectivity index (χ4n) is 1.53. The molecule has 6 N–H and O–H groups in total. The molecule has 2 amide bonds. The maximum atomic E-state index is 11.0. The fourth-order valence-corrected chi connectivity index (χ4v) is 1.90. The highest BCUT2D eigenvalue weighted by Crippen LogP contribution is 2.16. The molecule has 0 aliphatic carbocycles. The lowest BCUT2D eigenvalue weighted by molar-refractivity contribution is 0.0945. The average molecular weight is 355 g/mol. The van der Waals surface area contributed by atoms with Crippen molar-refractivity contribution in [3.8, 4) is 0 Å². The van der Waals surface area contributed by atoms with Gasteiger partial charge in [0, 0.05) is 21.2 Å². The van der Waals surface area contributed by atoms with E-state index in [9.17, 15) is 9.59 Å². The fraction of sp³-hybridized carbons (Fsp3) is 0.0667. The van der Waals surface area contributed by atoms with Crippen molar-refractivity contribution >= 4 is 35.0 Å². The van der Waals surface area contributed by atoms with Gasteiger partial charge in [0.05, 0.1) is 0 Å². The van der Waals surface area contributed by atoms with Crippen LogP contribution in [-0.4, -0.2) is 11.8 Å². The predicted molar refractivity (Wildman–Crippen MR) is 90.9 cm³/mol. The first kappa shape index (κ1) is 18.9. The normalized spacial score (nSPS) is 9.43. The summed E-state index contributed by atoms with van der Waals surface area (Å²) in [5.74, 6) is 9.18. The van der Waals surface area contributed by atoms with Crippen molar-refractivity contribution in [2.24, 2.45) is 11.7 Å². The Labute approximate surface area is 143 Å². The number of benzene rings is 2. The second-order valence-corrected chi connectivity index (χ2v) is 5.26. The van der Waals surface area contributed by atoms with Crippen LogP contribution < -0.4 is 22.5 Å².